The molecule has 0 aliphatic carbocycles. The molecule has 3 nitrogen and oxygen atoms in total. The number of benzene rings is 2. The van der Waals surface area contributed by atoms with E-state index in [-0.39, 0.29) is 0 Å². The van der Waals surface area contributed by atoms with Gasteiger partial charge in [-0.25, -0.2) is 0 Å². The van der Waals surface area contributed by atoms with Gasteiger partial charge in [-0.3, -0.25) is 0 Å². The number of aromatic nitrogens is 1. The standard InChI is InChI=1S/C21H17BrN2O/c1-15-11-16(12-18(13-23)17-3-5-19(22)6-4-17)14-24(15)20-7-9-21(25-2)10-8-20/h3-12,14H,1-2H3/b18-12+. The molecule has 0 saturated heterocycles. The molecular formula is C21H17BrN2O. The number of aryl methyl sites for hydroxylation is 1. The van der Waals surface area contributed by atoms with Crippen molar-refractivity contribution in [1.29, 1.82) is 5.26 Å². The predicted octanol–water partition coefficient (Wildman–Crippen LogP) is 5.62. The quantitative estimate of drug-likeness (QED) is 0.540. The number of rotatable bonds is 4. The highest BCUT2D eigenvalue weighted by molar-refractivity contribution is 9.10. The molecule has 0 saturated carbocycles. The van der Waals surface area contributed by atoms with Crippen LogP contribution in [0.25, 0.3) is 17.3 Å². The molecule has 25 heavy (non-hydrogen) atoms. The summed E-state index contributed by atoms with van der Waals surface area (Å²) in [5.41, 5.74) is 4.69. The minimum Gasteiger partial charge on any atom is -0.497 e. The second kappa shape index (κ2) is 7.42. The van der Waals surface area contributed by atoms with Gasteiger partial charge < -0.3 is 9.30 Å². The second-order valence-electron chi connectivity index (χ2n) is 5.66. The molecular weight excluding hydrogens is 376 g/mol. The average molecular weight is 393 g/mol. The van der Waals surface area contributed by atoms with E-state index in [2.05, 4.69) is 32.6 Å². The third kappa shape index (κ3) is 3.84. The lowest BCUT2D eigenvalue weighted by Gasteiger charge is -2.06. The molecule has 0 bridgehead atoms. The summed E-state index contributed by atoms with van der Waals surface area (Å²) in [6.45, 7) is 2.05. The van der Waals surface area contributed by atoms with E-state index in [0.717, 1.165) is 32.7 Å². The van der Waals surface area contributed by atoms with Gasteiger partial charge in [0.1, 0.15) is 5.75 Å². The molecule has 3 aromatic rings. The zero-order valence-corrected chi connectivity index (χ0v) is 15.6. The van der Waals surface area contributed by atoms with Crippen molar-refractivity contribution < 1.29 is 4.74 Å². The van der Waals surface area contributed by atoms with Gasteiger partial charge in [0.25, 0.3) is 0 Å². The molecule has 124 valence electrons. The van der Waals surface area contributed by atoms with E-state index in [1.54, 1.807) is 7.11 Å². The summed E-state index contributed by atoms with van der Waals surface area (Å²) in [5.74, 6) is 0.829. The van der Waals surface area contributed by atoms with Crippen molar-refractivity contribution in [2.45, 2.75) is 6.92 Å². The largest absolute Gasteiger partial charge is 0.497 e. The number of nitriles is 1. The first-order valence-electron chi connectivity index (χ1n) is 7.82. The fourth-order valence-electron chi connectivity index (χ4n) is 2.68. The Morgan fingerprint density at radius 3 is 2.40 bits per heavy atom. The van der Waals surface area contributed by atoms with Crippen LogP contribution in [-0.2, 0) is 0 Å². The number of allylic oxidation sites excluding steroid dienone is 1. The molecule has 0 spiro atoms. The topological polar surface area (TPSA) is 38.0 Å². The van der Waals surface area contributed by atoms with Crippen molar-refractivity contribution >= 4 is 27.6 Å². The lowest BCUT2D eigenvalue weighted by atomic mass is 10.1. The highest BCUT2D eigenvalue weighted by Crippen LogP contribution is 2.23. The Morgan fingerprint density at radius 2 is 1.80 bits per heavy atom. The zero-order chi connectivity index (χ0) is 17.8. The molecule has 2 aromatic carbocycles. The number of nitrogens with zero attached hydrogens (tertiary/aromatic N) is 2. The monoisotopic (exact) mass is 392 g/mol. The van der Waals surface area contributed by atoms with Crippen LogP contribution in [0.2, 0.25) is 0 Å². The van der Waals surface area contributed by atoms with Crippen LogP contribution in [-0.4, -0.2) is 11.7 Å². The van der Waals surface area contributed by atoms with Gasteiger partial charge >= 0.3 is 0 Å². The van der Waals surface area contributed by atoms with E-state index in [4.69, 9.17) is 4.74 Å². The van der Waals surface area contributed by atoms with E-state index in [1.165, 1.54) is 0 Å². The average Bonchev–Trinajstić information content (AvgIpc) is 3.01. The SMILES string of the molecule is COc1ccc(-n2cc(/C=C(\C#N)c3ccc(Br)cc3)cc2C)cc1. The van der Waals surface area contributed by atoms with Crippen LogP contribution >= 0.6 is 15.9 Å². The summed E-state index contributed by atoms with van der Waals surface area (Å²) < 4.78 is 8.30. The van der Waals surface area contributed by atoms with E-state index in [0.29, 0.717) is 5.57 Å². The van der Waals surface area contributed by atoms with Gasteiger partial charge in [-0.05, 0) is 66.6 Å². The van der Waals surface area contributed by atoms with Crippen LogP contribution in [0.4, 0.5) is 0 Å². The Morgan fingerprint density at radius 1 is 1.12 bits per heavy atom. The van der Waals surface area contributed by atoms with Crippen molar-refractivity contribution in [1.82, 2.24) is 4.57 Å². The Labute approximate surface area is 155 Å². The summed E-state index contributed by atoms with van der Waals surface area (Å²) in [6, 6.07) is 20.0. The zero-order valence-electron chi connectivity index (χ0n) is 14.0. The number of hydrogen-bond acceptors (Lipinski definition) is 2. The lowest BCUT2D eigenvalue weighted by molar-refractivity contribution is 0.414. The minimum atomic E-state index is 0.638. The molecule has 0 fully saturated rings. The van der Waals surface area contributed by atoms with Crippen LogP contribution in [0.15, 0.2) is 65.3 Å². The number of methoxy groups -OCH3 is 1. The first-order chi connectivity index (χ1) is 12.1. The lowest BCUT2D eigenvalue weighted by Crippen LogP contribution is -1.94. The molecule has 0 aliphatic heterocycles. The smallest absolute Gasteiger partial charge is 0.119 e. The predicted molar refractivity (Wildman–Crippen MR) is 105 cm³/mol. The van der Waals surface area contributed by atoms with Gasteiger partial charge in [0.2, 0.25) is 0 Å². The van der Waals surface area contributed by atoms with E-state index in [1.807, 2.05) is 67.7 Å². The van der Waals surface area contributed by atoms with Crippen LogP contribution < -0.4 is 4.74 Å². The maximum atomic E-state index is 9.51. The molecule has 0 aliphatic rings. The van der Waals surface area contributed by atoms with Gasteiger partial charge in [0.05, 0.1) is 18.8 Å². The molecule has 1 aromatic heterocycles. The van der Waals surface area contributed by atoms with Gasteiger partial charge in [0, 0.05) is 22.1 Å². The summed E-state index contributed by atoms with van der Waals surface area (Å²) in [4.78, 5) is 0. The van der Waals surface area contributed by atoms with Crippen molar-refractivity contribution in [3.05, 3.63) is 82.1 Å². The van der Waals surface area contributed by atoms with Gasteiger partial charge in [0.15, 0.2) is 0 Å². The fraction of sp³-hybridized carbons (Fsp3) is 0.0952. The van der Waals surface area contributed by atoms with Crippen molar-refractivity contribution in [3.63, 3.8) is 0 Å². The summed E-state index contributed by atoms with van der Waals surface area (Å²) in [5, 5.41) is 9.51. The molecule has 4 heteroatoms. The number of ether oxygens (including phenoxy) is 1. The van der Waals surface area contributed by atoms with Crippen LogP contribution in [0.5, 0.6) is 5.75 Å². The maximum Gasteiger partial charge on any atom is 0.119 e. The highest BCUT2D eigenvalue weighted by atomic mass is 79.9. The Kier molecular flexibility index (Phi) is 5.06. The summed E-state index contributed by atoms with van der Waals surface area (Å²) >= 11 is 3.42. The highest BCUT2D eigenvalue weighted by Gasteiger charge is 2.06. The summed E-state index contributed by atoms with van der Waals surface area (Å²) in [6.07, 6.45) is 3.95. The van der Waals surface area contributed by atoms with Gasteiger partial charge in [-0.15, -0.1) is 0 Å². The number of halogens is 1. The van der Waals surface area contributed by atoms with Crippen LogP contribution in [0.3, 0.4) is 0 Å². The summed E-state index contributed by atoms with van der Waals surface area (Å²) in [7, 11) is 1.66. The van der Waals surface area contributed by atoms with E-state index < -0.39 is 0 Å². The number of hydrogen-bond donors (Lipinski definition) is 0. The normalized spacial score (nSPS) is 11.2. The Balaban J connectivity index is 1.95. The van der Waals surface area contributed by atoms with Crippen molar-refractivity contribution in [2.24, 2.45) is 0 Å². The third-order valence-corrected chi connectivity index (χ3v) is 4.50. The van der Waals surface area contributed by atoms with E-state index >= 15 is 0 Å². The molecule has 1 heterocycles. The van der Waals surface area contributed by atoms with E-state index in [9.17, 15) is 5.26 Å². The molecule has 0 N–H and O–H groups in total. The first-order valence-corrected chi connectivity index (χ1v) is 8.61. The van der Waals surface area contributed by atoms with Crippen LogP contribution in [0.1, 0.15) is 16.8 Å². The molecule has 0 unspecified atom stereocenters. The Hall–Kier alpha value is -2.77. The van der Waals surface area contributed by atoms with Crippen molar-refractivity contribution in [2.75, 3.05) is 7.11 Å². The second-order valence-corrected chi connectivity index (χ2v) is 6.58. The van der Waals surface area contributed by atoms with Crippen molar-refractivity contribution in [3.8, 4) is 17.5 Å². The first kappa shape index (κ1) is 17.1. The Bertz CT molecular complexity index is 945. The maximum absolute atomic E-state index is 9.51. The fourth-order valence-corrected chi connectivity index (χ4v) is 2.94. The molecule has 0 amide bonds. The third-order valence-electron chi connectivity index (χ3n) is 3.97. The molecule has 3 rings (SSSR count). The van der Waals surface area contributed by atoms with Gasteiger partial charge in [-0.1, -0.05) is 28.1 Å². The van der Waals surface area contributed by atoms with Gasteiger partial charge in [-0.2, -0.15) is 5.26 Å². The molecule has 0 radical (unpaired) electrons. The molecule has 0 atom stereocenters. The minimum absolute atomic E-state index is 0.638. The van der Waals surface area contributed by atoms with Crippen LogP contribution in [0, 0.1) is 18.3 Å².